The number of aromatic amines is 1. The van der Waals surface area contributed by atoms with E-state index in [-0.39, 0.29) is 18.8 Å². The molecule has 0 saturated heterocycles. The van der Waals surface area contributed by atoms with Crippen molar-refractivity contribution >= 4 is 6.08 Å². The van der Waals surface area contributed by atoms with E-state index in [2.05, 4.69) is 15.0 Å². The van der Waals surface area contributed by atoms with Crippen LogP contribution in [-0.4, -0.2) is 32.8 Å². The van der Waals surface area contributed by atoms with Crippen LogP contribution in [0.15, 0.2) is 64.8 Å². The summed E-state index contributed by atoms with van der Waals surface area (Å²) in [6.45, 7) is 4.48. The Morgan fingerprint density at radius 1 is 1.21 bits per heavy atom. The van der Waals surface area contributed by atoms with Gasteiger partial charge in [-0.1, -0.05) is 25.6 Å². The van der Waals surface area contributed by atoms with Crippen molar-refractivity contribution in [3.05, 3.63) is 98.9 Å². The quantitative estimate of drug-likeness (QED) is 0.508. The molecule has 1 aliphatic heterocycles. The number of aryl methyl sites for hydroxylation is 1. The summed E-state index contributed by atoms with van der Waals surface area (Å²) in [5.74, 6) is 0.361. The lowest BCUT2D eigenvalue weighted by molar-refractivity contribution is 0.323. The fraction of sp³-hybridized carbons (Fsp3) is 0.269. The van der Waals surface area contributed by atoms with E-state index in [0.717, 1.165) is 22.5 Å². The van der Waals surface area contributed by atoms with E-state index in [4.69, 9.17) is 4.74 Å². The highest BCUT2D eigenvalue weighted by Crippen LogP contribution is 2.29. The molecule has 0 radical (unpaired) electrons. The predicted octanol–water partition coefficient (Wildman–Crippen LogP) is 3.07. The lowest BCUT2D eigenvalue weighted by atomic mass is 9.87. The third kappa shape index (κ3) is 3.85. The molecule has 1 unspecified atom stereocenters. The number of fused-ring (bicyclic) bond motifs is 1. The van der Waals surface area contributed by atoms with Crippen molar-refractivity contribution in [2.75, 3.05) is 13.7 Å². The summed E-state index contributed by atoms with van der Waals surface area (Å²) < 4.78 is 22.6. The van der Waals surface area contributed by atoms with Gasteiger partial charge in [-0.05, 0) is 61.7 Å². The molecule has 7 nitrogen and oxygen atoms in total. The Hall–Kier alpha value is -3.94. The minimum Gasteiger partial charge on any atom is -0.495 e. The maximum atomic E-state index is 13.5. The van der Waals surface area contributed by atoms with Gasteiger partial charge in [-0.25, -0.2) is 9.37 Å². The van der Waals surface area contributed by atoms with Gasteiger partial charge < -0.3 is 14.3 Å². The molecule has 3 heterocycles. The van der Waals surface area contributed by atoms with E-state index in [0.29, 0.717) is 29.7 Å². The van der Waals surface area contributed by atoms with Crippen molar-refractivity contribution in [3.8, 4) is 11.4 Å². The van der Waals surface area contributed by atoms with Gasteiger partial charge in [0.05, 0.1) is 30.4 Å². The SMILES string of the molecule is C.COc1cc(/C=c2\[nH]c3n(c2=O)C(C)(c2ccc(F)cc2)CCN=3)ccc1-n1cnc(C)c1. The third-order valence-corrected chi connectivity index (χ3v) is 6.22. The van der Waals surface area contributed by atoms with Crippen LogP contribution in [0, 0.1) is 12.7 Å². The molecule has 5 rings (SSSR count). The average Bonchev–Trinajstić information content (AvgIpc) is 3.38. The molecule has 0 aliphatic carbocycles. The average molecular weight is 462 g/mol. The van der Waals surface area contributed by atoms with Crippen LogP contribution in [0.2, 0.25) is 0 Å². The van der Waals surface area contributed by atoms with Crippen molar-refractivity contribution in [3.63, 3.8) is 0 Å². The lowest BCUT2D eigenvalue weighted by Gasteiger charge is -2.32. The van der Waals surface area contributed by atoms with Crippen LogP contribution < -0.4 is 21.3 Å². The highest BCUT2D eigenvalue weighted by atomic mass is 19.1. The van der Waals surface area contributed by atoms with Crippen LogP contribution in [0.3, 0.4) is 0 Å². The van der Waals surface area contributed by atoms with Gasteiger partial charge in [0.25, 0.3) is 5.56 Å². The van der Waals surface area contributed by atoms with Crippen LogP contribution in [-0.2, 0) is 5.54 Å². The van der Waals surface area contributed by atoms with Crippen LogP contribution in [0.4, 0.5) is 4.39 Å². The minimum absolute atomic E-state index is 0. The third-order valence-electron chi connectivity index (χ3n) is 6.22. The standard InChI is InChI=1S/C25H24FN5O2.CH4/c1-16-14-30(15-28-16)21-9-4-17(13-22(21)33-3)12-20-23(32)31-24(29-20)27-11-10-25(31,2)18-5-7-19(26)8-6-18;/h4-9,12-15H,10-11H2,1-3H3,(H,27,29);1H4/b20-12-;. The maximum Gasteiger partial charge on any atom is 0.277 e. The van der Waals surface area contributed by atoms with Gasteiger partial charge in [0, 0.05) is 12.7 Å². The molecular formula is C26H28FN5O2. The molecular weight excluding hydrogens is 433 g/mol. The van der Waals surface area contributed by atoms with E-state index in [1.165, 1.54) is 12.1 Å². The monoisotopic (exact) mass is 461 g/mol. The Morgan fingerprint density at radius 3 is 2.65 bits per heavy atom. The van der Waals surface area contributed by atoms with E-state index < -0.39 is 5.54 Å². The summed E-state index contributed by atoms with van der Waals surface area (Å²) in [6.07, 6.45) is 6.10. The number of hydrogen-bond acceptors (Lipinski definition) is 4. The molecule has 0 spiro atoms. The first-order valence-electron chi connectivity index (χ1n) is 10.7. The molecule has 8 heteroatoms. The van der Waals surface area contributed by atoms with Crippen molar-refractivity contribution in [2.24, 2.45) is 4.99 Å². The number of aromatic nitrogens is 4. The first kappa shape index (κ1) is 23.2. The maximum absolute atomic E-state index is 13.5. The van der Waals surface area contributed by atoms with E-state index in [9.17, 15) is 9.18 Å². The molecule has 0 fully saturated rings. The molecule has 0 saturated carbocycles. The Morgan fingerprint density at radius 2 is 1.97 bits per heavy atom. The Balaban J connectivity index is 0.00000274. The lowest BCUT2D eigenvalue weighted by Crippen LogP contribution is -2.49. The van der Waals surface area contributed by atoms with Gasteiger partial charge in [-0.2, -0.15) is 0 Å². The largest absolute Gasteiger partial charge is 0.495 e. The van der Waals surface area contributed by atoms with Crippen molar-refractivity contribution in [1.29, 1.82) is 0 Å². The number of methoxy groups -OCH3 is 1. The van der Waals surface area contributed by atoms with E-state index >= 15 is 0 Å². The Labute approximate surface area is 196 Å². The molecule has 1 atom stereocenters. The molecule has 2 aromatic carbocycles. The van der Waals surface area contributed by atoms with Crippen LogP contribution in [0.5, 0.6) is 5.75 Å². The molecule has 0 bridgehead atoms. The zero-order chi connectivity index (χ0) is 23.2. The molecule has 1 N–H and O–H groups in total. The fourth-order valence-corrected chi connectivity index (χ4v) is 4.40. The van der Waals surface area contributed by atoms with Crippen LogP contribution >= 0.6 is 0 Å². The summed E-state index contributed by atoms with van der Waals surface area (Å²) in [5, 5.41) is 0.428. The number of nitrogens with one attached hydrogen (secondary N) is 1. The first-order valence-corrected chi connectivity index (χ1v) is 10.7. The Bertz CT molecular complexity index is 1510. The predicted molar refractivity (Wildman–Crippen MR) is 130 cm³/mol. The van der Waals surface area contributed by atoms with Crippen molar-refractivity contribution in [1.82, 2.24) is 19.1 Å². The molecule has 34 heavy (non-hydrogen) atoms. The van der Waals surface area contributed by atoms with Crippen molar-refractivity contribution < 1.29 is 9.13 Å². The second kappa shape index (κ2) is 8.78. The molecule has 176 valence electrons. The number of ether oxygens (including phenoxy) is 1. The summed E-state index contributed by atoms with van der Waals surface area (Å²) in [7, 11) is 1.61. The summed E-state index contributed by atoms with van der Waals surface area (Å²) in [6, 6.07) is 12.0. The first-order chi connectivity index (χ1) is 15.9. The molecule has 1 aliphatic rings. The van der Waals surface area contributed by atoms with Crippen LogP contribution in [0.25, 0.3) is 11.8 Å². The number of hydrogen-bond donors (Lipinski definition) is 1. The van der Waals surface area contributed by atoms with Gasteiger partial charge in [-0.15, -0.1) is 0 Å². The highest BCUT2D eigenvalue weighted by Gasteiger charge is 2.34. The molecule has 4 aromatic rings. The van der Waals surface area contributed by atoms with Crippen LogP contribution in [0.1, 0.15) is 37.6 Å². The zero-order valence-electron chi connectivity index (χ0n) is 18.7. The van der Waals surface area contributed by atoms with Gasteiger partial charge in [0.1, 0.15) is 16.9 Å². The topological polar surface area (TPSA) is 77.2 Å². The summed E-state index contributed by atoms with van der Waals surface area (Å²) in [4.78, 5) is 25.4. The van der Waals surface area contributed by atoms with Gasteiger partial charge in [0.15, 0.2) is 0 Å². The van der Waals surface area contributed by atoms with E-state index in [1.54, 1.807) is 36.2 Å². The fourth-order valence-electron chi connectivity index (χ4n) is 4.40. The molecule has 0 amide bonds. The zero-order valence-corrected chi connectivity index (χ0v) is 18.7. The number of halogens is 1. The molecule has 2 aromatic heterocycles. The summed E-state index contributed by atoms with van der Waals surface area (Å²) in [5.41, 5.74) is 3.17. The Kier molecular flexibility index (Phi) is 6.00. The number of imidazole rings is 2. The smallest absolute Gasteiger partial charge is 0.277 e. The normalized spacial score (nSPS) is 17.6. The van der Waals surface area contributed by atoms with Gasteiger partial charge in [-0.3, -0.25) is 14.4 Å². The minimum atomic E-state index is -0.620. The highest BCUT2D eigenvalue weighted by molar-refractivity contribution is 5.58. The number of benzene rings is 2. The second-order valence-corrected chi connectivity index (χ2v) is 8.41. The number of rotatable bonds is 4. The summed E-state index contributed by atoms with van der Waals surface area (Å²) >= 11 is 0. The van der Waals surface area contributed by atoms with Gasteiger partial charge in [0.2, 0.25) is 5.62 Å². The second-order valence-electron chi connectivity index (χ2n) is 8.41. The number of H-pyrrole nitrogens is 1. The number of nitrogens with zero attached hydrogens (tertiary/aromatic N) is 4. The van der Waals surface area contributed by atoms with Crippen molar-refractivity contribution in [2.45, 2.75) is 33.2 Å². The van der Waals surface area contributed by atoms with E-state index in [1.807, 2.05) is 42.8 Å². The van der Waals surface area contributed by atoms with Gasteiger partial charge >= 0.3 is 0 Å².